The van der Waals surface area contributed by atoms with Crippen LogP contribution in [0.4, 0.5) is 0 Å². The lowest BCUT2D eigenvalue weighted by molar-refractivity contribution is 0.0747. The molecule has 156 valence electrons. The molecule has 3 aromatic heterocycles. The van der Waals surface area contributed by atoms with Gasteiger partial charge in [-0.2, -0.15) is 5.10 Å². The predicted octanol–water partition coefficient (Wildman–Crippen LogP) is 3.13. The first kappa shape index (κ1) is 19.1. The summed E-state index contributed by atoms with van der Waals surface area (Å²) >= 11 is 0. The molecule has 0 spiro atoms. The fraction of sp³-hybridized carbons (Fsp3) is 0.208. The third kappa shape index (κ3) is 3.09. The second-order valence-corrected chi connectivity index (χ2v) is 8.04. The van der Waals surface area contributed by atoms with Gasteiger partial charge in [-0.3, -0.25) is 9.59 Å². The summed E-state index contributed by atoms with van der Waals surface area (Å²) in [7, 11) is 1.65. The molecule has 1 aliphatic rings. The second-order valence-electron chi connectivity index (χ2n) is 8.04. The van der Waals surface area contributed by atoms with Crippen LogP contribution in [0.1, 0.15) is 32.7 Å². The van der Waals surface area contributed by atoms with E-state index in [2.05, 4.69) is 32.0 Å². The molecule has 4 aromatic rings. The van der Waals surface area contributed by atoms with Gasteiger partial charge < -0.3 is 14.0 Å². The lowest BCUT2D eigenvalue weighted by Crippen LogP contribution is -2.33. The number of carbonyl (C=O) groups excluding carboxylic acids is 1. The van der Waals surface area contributed by atoms with Gasteiger partial charge in [-0.15, -0.1) is 0 Å². The lowest BCUT2D eigenvalue weighted by Gasteiger charge is -2.18. The van der Waals surface area contributed by atoms with E-state index in [1.807, 2.05) is 33.8 Å². The van der Waals surface area contributed by atoms with E-state index in [9.17, 15) is 9.59 Å². The van der Waals surface area contributed by atoms with Crippen LogP contribution in [0.15, 0.2) is 65.8 Å². The van der Waals surface area contributed by atoms with E-state index >= 15 is 0 Å². The average Bonchev–Trinajstić information content (AvgIpc) is 3.45. The van der Waals surface area contributed by atoms with Crippen molar-refractivity contribution in [2.75, 3.05) is 0 Å². The van der Waals surface area contributed by atoms with Gasteiger partial charge in [-0.05, 0) is 49.7 Å². The second kappa shape index (κ2) is 7.12. The van der Waals surface area contributed by atoms with Gasteiger partial charge >= 0.3 is 0 Å². The van der Waals surface area contributed by atoms with E-state index in [-0.39, 0.29) is 17.0 Å². The first-order valence-corrected chi connectivity index (χ1v) is 10.2. The van der Waals surface area contributed by atoms with Crippen molar-refractivity contribution in [2.24, 2.45) is 7.05 Å². The van der Waals surface area contributed by atoms with Gasteiger partial charge in [0.15, 0.2) is 0 Å². The van der Waals surface area contributed by atoms with Crippen molar-refractivity contribution >= 4 is 5.91 Å². The van der Waals surface area contributed by atoms with Crippen LogP contribution in [0, 0.1) is 13.8 Å². The Hall–Kier alpha value is -3.87. The van der Waals surface area contributed by atoms with Crippen LogP contribution >= 0.6 is 0 Å². The summed E-state index contributed by atoms with van der Waals surface area (Å²) in [5, 5.41) is 4.89. The van der Waals surface area contributed by atoms with Crippen LogP contribution in [0.25, 0.3) is 11.5 Å². The molecule has 31 heavy (non-hydrogen) atoms. The van der Waals surface area contributed by atoms with Gasteiger partial charge in [0.05, 0.1) is 24.5 Å². The van der Waals surface area contributed by atoms with Crippen LogP contribution in [0.2, 0.25) is 0 Å². The number of hydrogen-bond donors (Lipinski definition) is 0. The zero-order valence-corrected chi connectivity index (χ0v) is 17.7. The Morgan fingerprint density at radius 1 is 1.00 bits per heavy atom. The Labute approximate surface area is 179 Å². The van der Waals surface area contributed by atoms with Crippen molar-refractivity contribution in [1.82, 2.24) is 23.8 Å². The molecule has 1 aliphatic heterocycles. The molecule has 7 nitrogen and oxygen atoms in total. The van der Waals surface area contributed by atoms with Gasteiger partial charge in [0.2, 0.25) is 0 Å². The van der Waals surface area contributed by atoms with Crippen LogP contribution in [0.5, 0.6) is 0 Å². The Morgan fingerprint density at radius 3 is 2.52 bits per heavy atom. The number of aryl methyl sites for hydroxylation is 3. The van der Waals surface area contributed by atoms with Crippen molar-refractivity contribution < 1.29 is 4.79 Å². The van der Waals surface area contributed by atoms with Crippen molar-refractivity contribution in [3.05, 3.63) is 99.4 Å². The van der Waals surface area contributed by atoms with E-state index in [0.717, 1.165) is 28.3 Å². The first-order valence-electron chi connectivity index (χ1n) is 10.2. The molecule has 0 saturated carbocycles. The van der Waals surface area contributed by atoms with E-state index in [4.69, 9.17) is 5.10 Å². The largest absolute Gasteiger partial charge is 0.328 e. The highest BCUT2D eigenvalue weighted by molar-refractivity contribution is 5.94. The minimum absolute atomic E-state index is 0.180. The third-order valence-electron chi connectivity index (χ3n) is 5.80. The van der Waals surface area contributed by atoms with Crippen LogP contribution in [-0.4, -0.2) is 29.7 Å². The summed E-state index contributed by atoms with van der Waals surface area (Å²) in [5.41, 5.74) is 5.09. The number of carbonyl (C=O) groups is 1. The molecule has 0 radical (unpaired) electrons. The van der Waals surface area contributed by atoms with Crippen molar-refractivity contribution in [2.45, 2.75) is 26.9 Å². The number of fused-ring (bicyclic) bond motifs is 1. The molecule has 0 saturated heterocycles. The van der Waals surface area contributed by atoms with Crippen LogP contribution in [0.3, 0.4) is 0 Å². The SMILES string of the molecule is Cc1ccc(-n2nc3c(c2-n2cccc2)CN(C(=O)c2cccn(C)c2=O)C3)c(C)c1. The quantitative estimate of drug-likeness (QED) is 0.518. The lowest BCUT2D eigenvalue weighted by atomic mass is 10.1. The maximum absolute atomic E-state index is 13.1. The Kier molecular flexibility index (Phi) is 4.39. The van der Waals surface area contributed by atoms with E-state index in [1.165, 1.54) is 10.1 Å². The van der Waals surface area contributed by atoms with E-state index in [1.54, 1.807) is 30.3 Å². The summed E-state index contributed by atoms with van der Waals surface area (Å²) in [6.07, 6.45) is 5.61. The predicted molar refractivity (Wildman–Crippen MR) is 118 cm³/mol. The maximum atomic E-state index is 13.1. The fourth-order valence-corrected chi connectivity index (χ4v) is 4.23. The normalized spacial score (nSPS) is 12.9. The molecular weight excluding hydrogens is 390 g/mol. The Morgan fingerprint density at radius 2 is 1.77 bits per heavy atom. The monoisotopic (exact) mass is 413 g/mol. The number of pyridine rings is 1. The molecule has 5 rings (SSSR count). The van der Waals surface area contributed by atoms with Gasteiger partial charge in [-0.25, -0.2) is 4.68 Å². The highest BCUT2D eigenvalue weighted by Crippen LogP contribution is 2.32. The maximum Gasteiger partial charge on any atom is 0.263 e. The molecule has 0 fully saturated rings. The van der Waals surface area contributed by atoms with Gasteiger partial charge in [-0.1, -0.05) is 17.7 Å². The summed E-state index contributed by atoms with van der Waals surface area (Å²) in [5.74, 6) is 0.652. The zero-order chi connectivity index (χ0) is 21.7. The Bertz CT molecular complexity index is 1360. The number of amides is 1. The third-order valence-corrected chi connectivity index (χ3v) is 5.80. The van der Waals surface area contributed by atoms with Crippen LogP contribution in [-0.2, 0) is 20.1 Å². The first-order chi connectivity index (χ1) is 14.9. The zero-order valence-electron chi connectivity index (χ0n) is 17.7. The number of nitrogens with zero attached hydrogens (tertiary/aromatic N) is 5. The molecule has 1 aromatic carbocycles. The molecule has 0 aliphatic carbocycles. The molecule has 7 heteroatoms. The van der Waals surface area contributed by atoms with Crippen molar-refractivity contribution in [1.29, 1.82) is 0 Å². The van der Waals surface area contributed by atoms with Crippen molar-refractivity contribution in [3.8, 4) is 11.5 Å². The molecule has 0 bridgehead atoms. The summed E-state index contributed by atoms with van der Waals surface area (Å²) in [4.78, 5) is 27.2. The highest BCUT2D eigenvalue weighted by atomic mass is 16.2. The van der Waals surface area contributed by atoms with Gasteiger partial charge in [0, 0.05) is 31.2 Å². The molecule has 1 amide bonds. The summed E-state index contributed by atoms with van der Waals surface area (Å²) in [6.45, 7) is 4.93. The molecule has 0 unspecified atom stereocenters. The average molecular weight is 413 g/mol. The summed E-state index contributed by atoms with van der Waals surface area (Å²) < 4.78 is 5.41. The minimum atomic E-state index is -0.289. The van der Waals surface area contributed by atoms with Crippen LogP contribution < -0.4 is 5.56 Å². The fourth-order valence-electron chi connectivity index (χ4n) is 4.23. The van der Waals surface area contributed by atoms with E-state index < -0.39 is 0 Å². The number of hydrogen-bond acceptors (Lipinski definition) is 3. The Balaban J connectivity index is 1.58. The van der Waals surface area contributed by atoms with Crippen molar-refractivity contribution in [3.63, 3.8) is 0 Å². The smallest absolute Gasteiger partial charge is 0.263 e. The molecule has 0 N–H and O–H groups in total. The number of aromatic nitrogens is 4. The number of rotatable bonds is 3. The molecular formula is C24H23N5O2. The summed E-state index contributed by atoms with van der Waals surface area (Å²) in [6, 6.07) is 13.5. The number of benzene rings is 1. The standard InChI is InChI=1S/C24H23N5O2/c1-16-8-9-21(17(2)13-16)29-22(27-11-4-5-12-27)19-14-28(15-20(19)25-29)24(31)18-7-6-10-26(3)23(18)30/h4-13H,14-15H2,1-3H3. The van der Waals surface area contributed by atoms with Gasteiger partial charge in [0.1, 0.15) is 11.4 Å². The minimum Gasteiger partial charge on any atom is -0.328 e. The molecule has 0 atom stereocenters. The molecule has 4 heterocycles. The highest BCUT2D eigenvalue weighted by Gasteiger charge is 2.33. The topological polar surface area (TPSA) is 65.1 Å². The van der Waals surface area contributed by atoms with E-state index in [0.29, 0.717) is 13.1 Å². The van der Waals surface area contributed by atoms with Gasteiger partial charge in [0.25, 0.3) is 11.5 Å².